The lowest BCUT2D eigenvalue weighted by molar-refractivity contribution is -0.147. The lowest BCUT2D eigenvalue weighted by atomic mass is 9.71. The molecule has 1 atom stereocenters. The highest BCUT2D eigenvalue weighted by Gasteiger charge is 2.57. The molecule has 0 saturated carbocycles. The smallest absolute Gasteiger partial charge is 0.225 e. The van der Waals surface area contributed by atoms with Gasteiger partial charge in [0, 0.05) is 44.1 Å². The number of hydrogen-bond acceptors (Lipinski definition) is 4. The molecule has 0 N–H and O–H groups in total. The molecule has 1 unspecified atom stereocenters. The number of rotatable bonds is 4. The van der Waals surface area contributed by atoms with E-state index in [0.29, 0.717) is 0 Å². The molecule has 2 fully saturated rings. The summed E-state index contributed by atoms with van der Waals surface area (Å²) < 4.78 is 5.90. The zero-order chi connectivity index (χ0) is 18.3. The van der Waals surface area contributed by atoms with E-state index in [1.807, 2.05) is 25.7 Å². The van der Waals surface area contributed by atoms with Crippen molar-refractivity contribution in [1.29, 1.82) is 0 Å². The van der Waals surface area contributed by atoms with Gasteiger partial charge in [0.05, 0.1) is 12.1 Å². The van der Waals surface area contributed by atoms with Crippen LogP contribution in [0.4, 0.5) is 0 Å². The summed E-state index contributed by atoms with van der Waals surface area (Å²) in [4.78, 5) is 21.4. The van der Waals surface area contributed by atoms with Gasteiger partial charge in [0.25, 0.3) is 0 Å². The van der Waals surface area contributed by atoms with E-state index in [-0.39, 0.29) is 23.2 Å². The number of amides is 1. The van der Waals surface area contributed by atoms with Crippen LogP contribution in [0.25, 0.3) is 0 Å². The van der Waals surface area contributed by atoms with Crippen LogP contribution in [0.15, 0.2) is 40.9 Å². The van der Waals surface area contributed by atoms with E-state index >= 15 is 0 Å². The molecule has 2 aliphatic heterocycles. The number of carbonyl (C=O) groups is 1. The third kappa shape index (κ3) is 3.05. The van der Waals surface area contributed by atoms with Gasteiger partial charge in [0.1, 0.15) is 5.76 Å². The fraction of sp³-hybridized carbons (Fsp3) is 0.524. The van der Waals surface area contributed by atoms with Crippen LogP contribution in [0.5, 0.6) is 0 Å². The predicted molar refractivity (Wildman–Crippen MR) is 99.6 cm³/mol. The predicted octanol–water partition coefficient (Wildman–Crippen LogP) is 3.07. The first kappa shape index (κ1) is 17.3. The highest BCUT2D eigenvalue weighted by molar-refractivity contribution is 5.79. The average molecular weight is 353 g/mol. The Kier molecular flexibility index (Phi) is 4.35. The number of benzene rings is 1. The summed E-state index contributed by atoms with van der Waals surface area (Å²) in [6.07, 6.45) is 1.80. The van der Waals surface area contributed by atoms with Gasteiger partial charge >= 0.3 is 0 Å². The molecule has 138 valence electrons. The summed E-state index contributed by atoms with van der Waals surface area (Å²) in [6, 6.07) is 10.6. The molecule has 2 aromatic rings. The molecule has 5 heteroatoms. The van der Waals surface area contributed by atoms with Gasteiger partial charge in [0.2, 0.25) is 5.91 Å². The molecule has 0 bridgehead atoms. The Balaban J connectivity index is 1.54. The number of aromatic nitrogens is 1. The molecule has 1 aromatic carbocycles. The van der Waals surface area contributed by atoms with Crippen LogP contribution in [0.2, 0.25) is 0 Å². The van der Waals surface area contributed by atoms with Crippen molar-refractivity contribution in [3.63, 3.8) is 0 Å². The Bertz CT molecular complexity index is 778. The number of oxazole rings is 1. The second-order valence-corrected chi connectivity index (χ2v) is 8.23. The Hall–Kier alpha value is -2.14. The minimum Gasteiger partial charge on any atom is -0.446 e. The maximum Gasteiger partial charge on any atom is 0.225 e. The van der Waals surface area contributed by atoms with Gasteiger partial charge in [-0.2, -0.15) is 0 Å². The first-order valence-electron chi connectivity index (χ1n) is 9.44. The zero-order valence-corrected chi connectivity index (χ0v) is 15.8. The fourth-order valence-corrected chi connectivity index (χ4v) is 4.46. The first-order valence-corrected chi connectivity index (χ1v) is 9.44. The minimum atomic E-state index is 0.0524. The van der Waals surface area contributed by atoms with Gasteiger partial charge in [-0.15, -0.1) is 0 Å². The quantitative estimate of drug-likeness (QED) is 0.848. The molecule has 1 aromatic heterocycles. The Morgan fingerprint density at radius 3 is 2.62 bits per heavy atom. The van der Waals surface area contributed by atoms with Crippen molar-refractivity contribution in [2.45, 2.75) is 33.2 Å². The Morgan fingerprint density at radius 2 is 2.00 bits per heavy atom. The molecule has 2 saturated heterocycles. The maximum atomic E-state index is 12.4. The molecular weight excluding hydrogens is 326 g/mol. The number of nitrogens with zero attached hydrogens (tertiary/aromatic N) is 3. The van der Waals surface area contributed by atoms with Gasteiger partial charge in [0.15, 0.2) is 5.89 Å². The van der Waals surface area contributed by atoms with Gasteiger partial charge in [-0.3, -0.25) is 9.69 Å². The Morgan fingerprint density at radius 1 is 1.27 bits per heavy atom. The van der Waals surface area contributed by atoms with Crippen LogP contribution in [0.3, 0.4) is 0 Å². The summed E-state index contributed by atoms with van der Waals surface area (Å²) in [5.74, 6) is 2.23. The van der Waals surface area contributed by atoms with Gasteiger partial charge in [-0.25, -0.2) is 4.98 Å². The van der Waals surface area contributed by atoms with E-state index in [9.17, 15) is 4.79 Å². The molecule has 0 radical (unpaired) electrons. The average Bonchev–Trinajstić information content (AvgIpc) is 3.17. The van der Waals surface area contributed by atoms with Gasteiger partial charge in [-0.05, 0) is 12.5 Å². The van der Waals surface area contributed by atoms with Gasteiger partial charge < -0.3 is 9.32 Å². The van der Waals surface area contributed by atoms with E-state index in [1.165, 1.54) is 5.56 Å². The lowest BCUT2D eigenvalue weighted by Crippen LogP contribution is -2.62. The first-order chi connectivity index (χ1) is 12.5. The number of aryl methyl sites for hydroxylation is 1. The zero-order valence-electron chi connectivity index (χ0n) is 15.8. The monoisotopic (exact) mass is 353 g/mol. The molecule has 1 spiro atoms. The highest BCUT2D eigenvalue weighted by Crippen LogP contribution is 2.49. The summed E-state index contributed by atoms with van der Waals surface area (Å²) in [5.41, 5.74) is 1.39. The number of hydrogen-bond donors (Lipinski definition) is 0. The minimum absolute atomic E-state index is 0.0524. The molecule has 4 rings (SSSR count). The number of likely N-dealkylation sites (tertiary alicyclic amines) is 2. The van der Waals surface area contributed by atoms with Crippen LogP contribution >= 0.6 is 0 Å². The molecule has 3 heterocycles. The van der Waals surface area contributed by atoms with Crippen molar-refractivity contribution >= 4 is 5.91 Å². The topological polar surface area (TPSA) is 49.6 Å². The van der Waals surface area contributed by atoms with E-state index in [1.54, 1.807) is 6.20 Å². The van der Waals surface area contributed by atoms with Crippen LogP contribution in [-0.2, 0) is 11.3 Å². The molecule has 0 aliphatic carbocycles. The van der Waals surface area contributed by atoms with Crippen molar-refractivity contribution in [2.24, 2.45) is 11.3 Å². The van der Waals surface area contributed by atoms with E-state index in [0.717, 1.165) is 44.4 Å². The van der Waals surface area contributed by atoms with Crippen molar-refractivity contribution in [2.75, 3.05) is 26.2 Å². The second kappa shape index (κ2) is 6.54. The third-order valence-electron chi connectivity index (χ3n) is 5.72. The van der Waals surface area contributed by atoms with Crippen molar-refractivity contribution < 1.29 is 9.21 Å². The largest absolute Gasteiger partial charge is 0.446 e. The standard InChI is InChI=1S/C21H27N3O2/c1-15(2)20(25)24-13-21(14-24)12-23(10-17-7-5-4-6-8-17)11-18(21)19-22-9-16(3)26-19/h4-9,15,18H,10-14H2,1-3H3. The lowest BCUT2D eigenvalue weighted by Gasteiger charge is -2.51. The second-order valence-electron chi connectivity index (χ2n) is 8.23. The van der Waals surface area contributed by atoms with E-state index < -0.39 is 0 Å². The Labute approximate surface area is 155 Å². The molecular formula is C21H27N3O2. The van der Waals surface area contributed by atoms with E-state index in [2.05, 4.69) is 40.2 Å². The molecule has 2 aliphatic rings. The van der Waals surface area contributed by atoms with E-state index in [4.69, 9.17) is 4.42 Å². The highest BCUT2D eigenvalue weighted by atomic mass is 16.4. The van der Waals surface area contributed by atoms with Crippen LogP contribution in [-0.4, -0.2) is 46.9 Å². The molecule has 26 heavy (non-hydrogen) atoms. The molecule has 1 amide bonds. The van der Waals surface area contributed by atoms with Crippen LogP contribution in [0.1, 0.15) is 37.0 Å². The number of carbonyl (C=O) groups excluding carboxylic acids is 1. The van der Waals surface area contributed by atoms with Crippen molar-refractivity contribution in [1.82, 2.24) is 14.8 Å². The summed E-state index contributed by atoms with van der Waals surface area (Å²) in [5, 5.41) is 0. The fourth-order valence-electron chi connectivity index (χ4n) is 4.46. The van der Waals surface area contributed by atoms with Crippen LogP contribution in [0, 0.1) is 18.3 Å². The van der Waals surface area contributed by atoms with Crippen molar-refractivity contribution in [3.8, 4) is 0 Å². The summed E-state index contributed by atoms with van der Waals surface area (Å²) in [6.45, 7) is 10.3. The maximum absolute atomic E-state index is 12.4. The summed E-state index contributed by atoms with van der Waals surface area (Å²) in [7, 11) is 0. The van der Waals surface area contributed by atoms with Crippen molar-refractivity contribution in [3.05, 3.63) is 53.7 Å². The summed E-state index contributed by atoms with van der Waals surface area (Å²) >= 11 is 0. The SMILES string of the molecule is Cc1cnc(C2CN(Cc3ccccc3)CC23CN(C(=O)C(C)C)C3)o1. The van der Waals surface area contributed by atoms with Crippen LogP contribution < -0.4 is 0 Å². The molecule has 5 nitrogen and oxygen atoms in total. The third-order valence-corrected chi connectivity index (χ3v) is 5.72. The van der Waals surface area contributed by atoms with Gasteiger partial charge in [-0.1, -0.05) is 44.2 Å². The normalized spacial score (nSPS) is 22.2.